The van der Waals surface area contributed by atoms with Gasteiger partial charge < -0.3 is 14.5 Å². The molecule has 5 nitrogen and oxygen atoms in total. The number of rotatable bonds is 8. The fourth-order valence-electron chi connectivity index (χ4n) is 2.14. The number of thiophene rings is 1. The van der Waals surface area contributed by atoms with Gasteiger partial charge in [-0.3, -0.25) is 4.79 Å². The average molecular weight is 362 g/mol. The summed E-state index contributed by atoms with van der Waals surface area (Å²) in [7, 11) is 0. The Labute approximate surface area is 148 Å². The maximum absolute atomic E-state index is 12.3. The molecule has 7 heteroatoms. The van der Waals surface area contributed by atoms with Gasteiger partial charge in [-0.25, -0.2) is 4.98 Å². The van der Waals surface area contributed by atoms with Crippen molar-refractivity contribution in [2.75, 3.05) is 13.2 Å². The minimum atomic E-state index is -0.0717. The van der Waals surface area contributed by atoms with E-state index in [1.54, 1.807) is 17.6 Å². The van der Waals surface area contributed by atoms with Gasteiger partial charge in [0.15, 0.2) is 0 Å². The number of nitrogens with one attached hydrogen (secondary N) is 1. The third kappa shape index (κ3) is 4.31. The molecule has 0 aliphatic carbocycles. The molecule has 0 atom stereocenters. The predicted octanol–water partition coefficient (Wildman–Crippen LogP) is 4.11. The second kappa shape index (κ2) is 8.23. The highest BCUT2D eigenvalue weighted by Crippen LogP contribution is 2.29. The number of carbonyl (C=O) groups excluding carboxylic acids is 1. The number of carbonyl (C=O) groups is 1. The van der Waals surface area contributed by atoms with Crippen LogP contribution in [-0.4, -0.2) is 24.0 Å². The van der Waals surface area contributed by atoms with Crippen molar-refractivity contribution in [1.82, 2.24) is 10.3 Å². The van der Waals surface area contributed by atoms with E-state index in [2.05, 4.69) is 10.3 Å². The molecule has 126 valence electrons. The normalized spacial score (nSPS) is 10.9. The van der Waals surface area contributed by atoms with Crippen molar-refractivity contribution >= 4 is 28.6 Å². The second-order valence-corrected chi connectivity index (χ2v) is 6.97. The second-order valence-electron chi connectivity index (χ2n) is 5.19. The minimum Gasteiger partial charge on any atom is -0.467 e. The summed E-state index contributed by atoms with van der Waals surface area (Å²) in [4.78, 5) is 17.4. The van der Waals surface area contributed by atoms with Crippen LogP contribution in [0.2, 0.25) is 0 Å². The Balaban J connectivity index is 1.42. The number of aromatic nitrogens is 1. The van der Waals surface area contributed by atoms with Crippen LogP contribution >= 0.6 is 22.7 Å². The summed E-state index contributed by atoms with van der Waals surface area (Å²) in [6.07, 6.45) is 2.38. The van der Waals surface area contributed by atoms with E-state index in [9.17, 15) is 4.79 Å². The first-order valence-electron chi connectivity index (χ1n) is 7.62. The number of nitrogens with zero attached hydrogens (tertiary/aromatic N) is 1. The molecule has 0 saturated carbocycles. The molecule has 1 N–H and O–H groups in total. The zero-order valence-corrected chi connectivity index (χ0v) is 14.9. The monoisotopic (exact) mass is 362 g/mol. The number of ether oxygens (including phenoxy) is 1. The molecule has 0 bridgehead atoms. The standard InChI is InChI=1S/C17H18N2O3S2/c1-12-15(24-17(19-12)13-5-9-23-11-13)16(20)18-6-3-7-21-10-14-4-2-8-22-14/h2,4-5,8-9,11H,3,6-7,10H2,1H3,(H,18,20). The third-order valence-corrected chi connectivity index (χ3v) is 5.23. The molecule has 3 aromatic heterocycles. The SMILES string of the molecule is Cc1nc(-c2ccsc2)sc1C(=O)NCCCOCc1ccco1. The van der Waals surface area contributed by atoms with Crippen LogP contribution in [0.5, 0.6) is 0 Å². The van der Waals surface area contributed by atoms with Crippen molar-refractivity contribution in [1.29, 1.82) is 0 Å². The van der Waals surface area contributed by atoms with E-state index in [0.29, 0.717) is 24.6 Å². The molecule has 0 spiro atoms. The molecular formula is C17H18N2O3S2. The number of thiazole rings is 1. The minimum absolute atomic E-state index is 0.0717. The smallest absolute Gasteiger partial charge is 0.263 e. The molecule has 0 aromatic carbocycles. The molecule has 0 radical (unpaired) electrons. The van der Waals surface area contributed by atoms with Crippen LogP contribution in [-0.2, 0) is 11.3 Å². The molecule has 24 heavy (non-hydrogen) atoms. The van der Waals surface area contributed by atoms with E-state index in [4.69, 9.17) is 9.15 Å². The molecule has 0 saturated heterocycles. The van der Waals surface area contributed by atoms with Crippen LogP contribution < -0.4 is 5.32 Å². The summed E-state index contributed by atoms with van der Waals surface area (Å²) < 4.78 is 10.7. The Hall–Kier alpha value is -1.96. The highest BCUT2D eigenvalue weighted by Gasteiger charge is 2.15. The summed E-state index contributed by atoms with van der Waals surface area (Å²) in [5.74, 6) is 0.734. The lowest BCUT2D eigenvalue weighted by Gasteiger charge is -2.04. The summed E-state index contributed by atoms with van der Waals surface area (Å²) in [6, 6.07) is 5.72. The fraction of sp³-hybridized carbons (Fsp3) is 0.294. The number of furan rings is 1. The van der Waals surface area contributed by atoms with E-state index in [1.165, 1.54) is 11.3 Å². The molecule has 3 heterocycles. The number of hydrogen-bond acceptors (Lipinski definition) is 6. The largest absolute Gasteiger partial charge is 0.467 e. The van der Waals surface area contributed by atoms with E-state index in [0.717, 1.165) is 28.4 Å². The van der Waals surface area contributed by atoms with Gasteiger partial charge in [0.05, 0.1) is 12.0 Å². The summed E-state index contributed by atoms with van der Waals surface area (Å²) in [5, 5.41) is 7.86. The zero-order valence-electron chi connectivity index (χ0n) is 13.3. The molecule has 0 aliphatic rings. The number of hydrogen-bond donors (Lipinski definition) is 1. The van der Waals surface area contributed by atoms with Crippen LogP contribution in [0, 0.1) is 6.92 Å². The van der Waals surface area contributed by atoms with Crippen LogP contribution in [0.15, 0.2) is 39.6 Å². The first-order valence-corrected chi connectivity index (χ1v) is 9.38. The molecule has 0 aliphatic heterocycles. The van der Waals surface area contributed by atoms with Crippen LogP contribution in [0.4, 0.5) is 0 Å². The molecule has 0 unspecified atom stereocenters. The highest BCUT2D eigenvalue weighted by atomic mass is 32.1. The van der Waals surface area contributed by atoms with E-state index < -0.39 is 0 Å². The van der Waals surface area contributed by atoms with Crippen molar-refractivity contribution < 1.29 is 13.9 Å². The van der Waals surface area contributed by atoms with Gasteiger partial charge in [0.25, 0.3) is 5.91 Å². The summed E-state index contributed by atoms with van der Waals surface area (Å²) >= 11 is 3.06. The topological polar surface area (TPSA) is 64.4 Å². The lowest BCUT2D eigenvalue weighted by molar-refractivity contribution is 0.0919. The lowest BCUT2D eigenvalue weighted by Crippen LogP contribution is -2.25. The Morgan fingerprint density at radius 1 is 1.42 bits per heavy atom. The Bertz CT molecular complexity index is 764. The van der Waals surface area contributed by atoms with Crippen molar-refractivity contribution in [3.05, 3.63) is 51.6 Å². The van der Waals surface area contributed by atoms with E-state index in [-0.39, 0.29) is 5.91 Å². The van der Waals surface area contributed by atoms with Gasteiger partial charge in [-0.2, -0.15) is 11.3 Å². The molecule has 0 fully saturated rings. The molecular weight excluding hydrogens is 344 g/mol. The van der Waals surface area contributed by atoms with Crippen molar-refractivity contribution in [3.8, 4) is 10.6 Å². The van der Waals surface area contributed by atoms with Gasteiger partial charge >= 0.3 is 0 Å². The van der Waals surface area contributed by atoms with Crippen molar-refractivity contribution in [2.45, 2.75) is 20.0 Å². The van der Waals surface area contributed by atoms with E-state index in [1.807, 2.05) is 35.9 Å². The van der Waals surface area contributed by atoms with Gasteiger partial charge in [-0.05, 0) is 36.9 Å². The first kappa shape index (κ1) is 16.9. The Morgan fingerprint density at radius 3 is 3.08 bits per heavy atom. The third-order valence-electron chi connectivity index (χ3n) is 3.35. The van der Waals surface area contributed by atoms with Gasteiger partial charge in [-0.1, -0.05) is 0 Å². The fourth-order valence-corrected chi connectivity index (χ4v) is 3.83. The quantitative estimate of drug-likeness (QED) is 0.613. The molecule has 3 aromatic rings. The van der Waals surface area contributed by atoms with Crippen LogP contribution in [0.25, 0.3) is 10.6 Å². The van der Waals surface area contributed by atoms with Crippen LogP contribution in [0.3, 0.4) is 0 Å². The number of aryl methyl sites for hydroxylation is 1. The zero-order chi connectivity index (χ0) is 16.8. The summed E-state index contributed by atoms with van der Waals surface area (Å²) in [5.41, 5.74) is 1.84. The first-order chi connectivity index (χ1) is 11.7. The maximum atomic E-state index is 12.3. The Morgan fingerprint density at radius 2 is 2.33 bits per heavy atom. The average Bonchev–Trinajstić information content (AvgIpc) is 3.31. The van der Waals surface area contributed by atoms with Crippen molar-refractivity contribution in [2.24, 2.45) is 0 Å². The van der Waals surface area contributed by atoms with Gasteiger partial charge in [-0.15, -0.1) is 11.3 Å². The predicted molar refractivity (Wildman–Crippen MR) is 95.5 cm³/mol. The molecule has 1 amide bonds. The van der Waals surface area contributed by atoms with Crippen LogP contribution in [0.1, 0.15) is 27.5 Å². The molecule has 3 rings (SSSR count). The lowest BCUT2D eigenvalue weighted by atomic mass is 10.3. The maximum Gasteiger partial charge on any atom is 0.263 e. The van der Waals surface area contributed by atoms with E-state index >= 15 is 0 Å². The van der Waals surface area contributed by atoms with Gasteiger partial charge in [0.1, 0.15) is 22.3 Å². The van der Waals surface area contributed by atoms with Gasteiger partial charge in [0.2, 0.25) is 0 Å². The van der Waals surface area contributed by atoms with Crippen molar-refractivity contribution in [3.63, 3.8) is 0 Å². The van der Waals surface area contributed by atoms with Gasteiger partial charge in [0, 0.05) is 24.1 Å². The Kier molecular flexibility index (Phi) is 5.79. The number of amides is 1. The summed E-state index contributed by atoms with van der Waals surface area (Å²) in [6.45, 7) is 3.47. The highest BCUT2D eigenvalue weighted by molar-refractivity contribution is 7.17.